The van der Waals surface area contributed by atoms with Gasteiger partial charge in [-0.2, -0.15) is 4.98 Å². The lowest BCUT2D eigenvalue weighted by Crippen LogP contribution is -2.44. The Hall–Kier alpha value is -4.02. The Bertz CT molecular complexity index is 1700. The van der Waals surface area contributed by atoms with Crippen LogP contribution in [0.15, 0.2) is 60.0 Å². The van der Waals surface area contributed by atoms with E-state index in [4.69, 9.17) is 11.3 Å². The molecule has 0 amide bonds. The summed E-state index contributed by atoms with van der Waals surface area (Å²) in [6.45, 7) is 8.14. The maximum Gasteiger partial charge on any atom is 0.278 e. The van der Waals surface area contributed by atoms with Gasteiger partial charge in [-0.15, -0.1) is 6.58 Å². The molecule has 2 aliphatic carbocycles. The van der Waals surface area contributed by atoms with Crippen LogP contribution in [-0.4, -0.2) is 67.5 Å². The number of piperazine rings is 1. The quantitative estimate of drug-likeness (QED) is 0.359. The lowest BCUT2D eigenvalue weighted by Gasteiger charge is -2.34. The summed E-state index contributed by atoms with van der Waals surface area (Å²) in [5.41, 5.74) is 2.95. The molecule has 1 saturated heterocycles. The van der Waals surface area contributed by atoms with Gasteiger partial charge in [0.2, 0.25) is 5.95 Å². The molecule has 1 saturated carbocycles. The minimum absolute atomic E-state index is 0.236. The fourth-order valence-corrected chi connectivity index (χ4v) is 5.94. The van der Waals surface area contributed by atoms with Gasteiger partial charge >= 0.3 is 0 Å². The maximum atomic E-state index is 13.4. The van der Waals surface area contributed by atoms with Crippen LogP contribution in [0.25, 0.3) is 16.9 Å². The minimum Gasteiger partial charge on any atom is -0.386 e. The summed E-state index contributed by atoms with van der Waals surface area (Å²) < 4.78 is 12.0. The first-order valence-corrected chi connectivity index (χ1v) is 13.9. The second-order valence-electron chi connectivity index (χ2n) is 11.2. The largest absolute Gasteiger partial charge is 0.386 e. The van der Waals surface area contributed by atoms with Crippen molar-refractivity contribution in [2.75, 3.05) is 43.4 Å². The molecule has 3 aromatic heterocycles. The highest BCUT2D eigenvalue weighted by molar-refractivity contribution is 5.77. The molecule has 1 aliphatic heterocycles. The first-order chi connectivity index (χ1) is 19.8. The highest BCUT2D eigenvalue weighted by Gasteiger charge is 2.52. The number of hydrogen-bond donors (Lipinski definition) is 2. The number of rotatable bonds is 6. The second kappa shape index (κ2) is 9.57. The average Bonchev–Trinajstić information content (AvgIpc) is 3.72. The van der Waals surface area contributed by atoms with Crippen molar-refractivity contribution in [3.05, 3.63) is 76.9 Å². The van der Waals surface area contributed by atoms with Gasteiger partial charge in [-0.1, -0.05) is 12.1 Å². The van der Waals surface area contributed by atoms with E-state index in [9.17, 15) is 9.90 Å². The first kappa shape index (κ1) is 23.8. The normalized spacial score (nSPS) is 22.2. The summed E-state index contributed by atoms with van der Waals surface area (Å²) in [4.78, 5) is 32.1. The van der Waals surface area contributed by atoms with Crippen LogP contribution in [0, 0.1) is 5.41 Å². The van der Waals surface area contributed by atoms with E-state index in [-0.39, 0.29) is 12.1 Å². The van der Waals surface area contributed by atoms with Crippen molar-refractivity contribution >= 4 is 28.4 Å². The molecule has 206 valence electrons. The molecular weight excluding hydrogens is 504 g/mol. The molecule has 0 bridgehead atoms. The molecule has 7 rings (SSSR count). The Labute approximate surface area is 234 Å². The van der Waals surface area contributed by atoms with E-state index in [1.54, 1.807) is 10.8 Å². The SMILES string of the molecule is [2H][C@@]1(O)c2nc(-n3c4nc(Nc5ccc(N6CCN(C)CC6)cc5)ncc4c(=O)n3CC=C)ccc2CCC12CC2. The first-order valence-electron chi connectivity index (χ1n) is 14.4. The number of benzene rings is 1. The van der Waals surface area contributed by atoms with Crippen LogP contribution in [-0.2, 0) is 13.0 Å². The van der Waals surface area contributed by atoms with Crippen molar-refractivity contribution in [2.45, 2.75) is 38.3 Å². The van der Waals surface area contributed by atoms with E-state index in [0.29, 0.717) is 28.5 Å². The zero-order valence-corrected chi connectivity index (χ0v) is 22.7. The van der Waals surface area contributed by atoms with Crippen molar-refractivity contribution in [3.8, 4) is 5.82 Å². The van der Waals surface area contributed by atoms with Gasteiger partial charge in [0, 0.05) is 49.2 Å². The Kier molecular flexibility index (Phi) is 5.70. The number of aromatic nitrogens is 5. The van der Waals surface area contributed by atoms with Crippen molar-refractivity contribution in [2.24, 2.45) is 5.41 Å². The van der Waals surface area contributed by atoms with Gasteiger partial charge in [0.1, 0.15) is 11.5 Å². The second-order valence-corrected chi connectivity index (χ2v) is 11.2. The van der Waals surface area contributed by atoms with E-state index >= 15 is 0 Å². The van der Waals surface area contributed by atoms with Crippen molar-refractivity contribution in [3.63, 3.8) is 0 Å². The van der Waals surface area contributed by atoms with Gasteiger partial charge < -0.3 is 20.2 Å². The molecular formula is C30H34N8O2. The Balaban J connectivity index is 1.25. The average molecular weight is 540 g/mol. The predicted octanol–water partition coefficient (Wildman–Crippen LogP) is 3.42. The fourth-order valence-electron chi connectivity index (χ4n) is 5.94. The molecule has 1 atom stereocenters. The van der Waals surface area contributed by atoms with Gasteiger partial charge in [0.05, 0.1) is 13.6 Å². The summed E-state index contributed by atoms with van der Waals surface area (Å²) in [7, 11) is 2.15. The number of pyridine rings is 1. The Morgan fingerprint density at radius 3 is 2.62 bits per heavy atom. The number of aryl methyl sites for hydroxylation is 1. The van der Waals surface area contributed by atoms with Crippen LogP contribution in [0.4, 0.5) is 17.3 Å². The number of nitrogens with zero attached hydrogens (tertiary/aromatic N) is 7. The molecule has 10 nitrogen and oxygen atoms in total. The number of likely N-dealkylation sites (N-methyl/N-ethyl adjacent to an activating group) is 1. The Morgan fingerprint density at radius 1 is 1.12 bits per heavy atom. The molecule has 0 radical (unpaired) electrons. The molecule has 10 heteroatoms. The van der Waals surface area contributed by atoms with E-state index < -0.39 is 11.5 Å². The van der Waals surface area contributed by atoms with E-state index in [1.165, 1.54) is 16.6 Å². The molecule has 1 aromatic carbocycles. The third kappa shape index (κ3) is 4.18. The Morgan fingerprint density at radius 2 is 1.90 bits per heavy atom. The molecule has 0 unspecified atom stereocenters. The van der Waals surface area contributed by atoms with Crippen LogP contribution in [0.5, 0.6) is 0 Å². The molecule has 4 heterocycles. The number of nitrogens with one attached hydrogen (secondary N) is 1. The van der Waals surface area contributed by atoms with Gasteiger partial charge in [0.15, 0.2) is 11.5 Å². The van der Waals surface area contributed by atoms with E-state index in [2.05, 4.69) is 45.9 Å². The minimum atomic E-state index is -1.76. The molecule has 3 aliphatic rings. The third-order valence-electron chi connectivity index (χ3n) is 8.60. The highest BCUT2D eigenvalue weighted by atomic mass is 16.3. The molecule has 40 heavy (non-hydrogen) atoms. The topological polar surface area (TPSA) is 104 Å². The maximum absolute atomic E-state index is 13.4. The van der Waals surface area contributed by atoms with Crippen LogP contribution in [0.3, 0.4) is 0 Å². The summed E-state index contributed by atoms with van der Waals surface area (Å²) >= 11 is 0. The number of hydrogen-bond acceptors (Lipinski definition) is 8. The van der Waals surface area contributed by atoms with Gasteiger partial charge in [-0.25, -0.2) is 19.3 Å². The highest BCUT2D eigenvalue weighted by Crippen LogP contribution is 2.60. The molecule has 4 aromatic rings. The van der Waals surface area contributed by atoms with Crippen molar-refractivity contribution in [1.82, 2.24) is 29.2 Å². The van der Waals surface area contributed by atoms with Crippen molar-refractivity contribution in [1.29, 1.82) is 0 Å². The molecule has 2 N–H and O–H groups in total. The van der Waals surface area contributed by atoms with Gasteiger partial charge in [0.25, 0.3) is 5.56 Å². The number of allylic oxidation sites excluding steroid dienone is 1. The third-order valence-corrected chi connectivity index (χ3v) is 8.60. The van der Waals surface area contributed by atoms with Crippen LogP contribution >= 0.6 is 0 Å². The lowest BCUT2D eigenvalue weighted by molar-refractivity contribution is 0.0734. The van der Waals surface area contributed by atoms with E-state index in [0.717, 1.165) is 63.1 Å². The molecule has 2 fully saturated rings. The standard InChI is InChI=1S/C30H34N8O2/c1-3-14-37-28(40)23-19-31-29(32-21-5-7-22(8-6-21)36-17-15-35(2)16-18-36)34-27(23)38(37)24-9-4-20-10-11-30(12-13-30)26(39)25(20)33-24/h3-9,19,26,39H,1,10-18H2,2H3,(H,31,32,34)/t26-/m1/s1/i26D. The summed E-state index contributed by atoms with van der Waals surface area (Å²) in [5, 5.41) is 14.9. The van der Waals surface area contributed by atoms with Gasteiger partial charge in [-0.3, -0.25) is 4.79 Å². The monoisotopic (exact) mass is 539 g/mol. The summed E-state index contributed by atoms with van der Waals surface area (Å²) in [6.07, 6.45) is 4.62. The molecule has 1 spiro atoms. The lowest BCUT2D eigenvalue weighted by atomic mass is 9.82. The van der Waals surface area contributed by atoms with Crippen LogP contribution < -0.4 is 15.8 Å². The van der Waals surface area contributed by atoms with Crippen LogP contribution in [0.2, 0.25) is 0 Å². The summed E-state index contributed by atoms with van der Waals surface area (Å²) in [5.74, 6) is 0.767. The zero-order valence-electron chi connectivity index (χ0n) is 23.7. The van der Waals surface area contributed by atoms with E-state index in [1.807, 2.05) is 24.3 Å². The van der Waals surface area contributed by atoms with Crippen molar-refractivity contribution < 1.29 is 6.48 Å². The number of aliphatic hydroxyl groups is 1. The summed E-state index contributed by atoms with van der Waals surface area (Å²) in [6, 6.07) is 11.9. The smallest absolute Gasteiger partial charge is 0.278 e. The van der Waals surface area contributed by atoms with Crippen LogP contribution in [0.1, 0.15) is 38.0 Å². The zero-order chi connectivity index (χ0) is 28.4. The fraction of sp³-hybridized carbons (Fsp3) is 0.400. The number of fused-ring (bicyclic) bond motifs is 2. The predicted molar refractivity (Wildman–Crippen MR) is 155 cm³/mol. The van der Waals surface area contributed by atoms with Gasteiger partial charge in [-0.05, 0) is 68.6 Å². The number of anilines is 3.